The monoisotopic (exact) mass is 203 g/mol. The first-order valence-corrected chi connectivity index (χ1v) is 5.19. The van der Waals surface area contributed by atoms with E-state index in [1.54, 1.807) is 0 Å². The summed E-state index contributed by atoms with van der Waals surface area (Å²) < 4.78 is 0. The van der Waals surface area contributed by atoms with Crippen LogP contribution < -0.4 is 4.90 Å². The second-order valence-corrected chi connectivity index (χ2v) is 3.36. The van der Waals surface area contributed by atoms with Crippen molar-refractivity contribution in [1.82, 2.24) is 0 Å². The third-order valence-electron chi connectivity index (χ3n) is 2.43. The minimum absolute atomic E-state index is 0.0428. The van der Waals surface area contributed by atoms with Crippen molar-refractivity contribution in [2.45, 2.75) is 20.8 Å². The molecule has 1 heterocycles. The Morgan fingerprint density at radius 3 is 2.47 bits per heavy atom. The number of anilines is 1. The van der Waals surface area contributed by atoms with Crippen LogP contribution in [0, 0.1) is 6.92 Å². The number of carbonyl (C=O) groups is 1. The van der Waals surface area contributed by atoms with Gasteiger partial charge in [-0.3, -0.25) is 4.79 Å². The standard InChI is InChI=1S/C11H11NO.C2H6/c1-7-4-5-10-9(6-7)11(13)8(2)12(10)3;1-2/h4-6H,2H2,1,3H3;1-2H3. The van der Waals surface area contributed by atoms with E-state index in [1.165, 1.54) is 0 Å². The van der Waals surface area contributed by atoms with Crippen LogP contribution in [0.2, 0.25) is 0 Å². The van der Waals surface area contributed by atoms with Crippen molar-refractivity contribution in [3.63, 3.8) is 0 Å². The van der Waals surface area contributed by atoms with Gasteiger partial charge in [0.2, 0.25) is 5.78 Å². The molecule has 2 rings (SSSR count). The molecule has 0 amide bonds. The maximum Gasteiger partial charge on any atom is 0.210 e. The number of likely N-dealkylation sites (N-methyl/N-ethyl adjacent to an activating group) is 1. The molecule has 0 aromatic heterocycles. The largest absolute Gasteiger partial charge is 0.341 e. The molecule has 0 spiro atoms. The molecular weight excluding hydrogens is 186 g/mol. The van der Waals surface area contributed by atoms with Crippen LogP contribution in [0.3, 0.4) is 0 Å². The summed E-state index contributed by atoms with van der Waals surface area (Å²) >= 11 is 0. The van der Waals surface area contributed by atoms with Crippen molar-refractivity contribution >= 4 is 11.5 Å². The lowest BCUT2D eigenvalue weighted by atomic mass is 10.1. The Morgan fingerprint density at radius 2 is 1.87 bits per heavy atom. The quantitative estimate of drug-likeness (QED) is 0.604. The molecule has 2 heteroatoms. The van der Waals surface area contributed by atoms with Gasteiger partial charge in [0.05, 0.1) is 11.4 Å². The highest BCUT2D eigenvalue weighted by molar-refractivity contribution is 6.18. The topological polar surface area (TPSA) is 20.3 Å². The first-order valence-electron chi connectivity index (χ1n) is 5.19. The van der Waals surface area contributed by atoms with E-state index in [9.17, 15) is 4.79 Å². The van der Waals surface area contributed by atoms with Gasteiger partial charge in [-0.15, -0.1) is 0 Å². The van der Waals surface area contributed by atoms with E-state index >= 15 is 0 Å². The average molecular weight is 203 g/mol. The summed E-state index contributed by atoms with van der Waals surface area (Å²) in [4.78, 5) is 13.4. The zero-order valence-corrected chi connectivity index (χ0v) is 9.79. The maximum absolute atomic E-state index is 11.6. The number of carbonyl (C=O) groups excluding carboxylic acids is 1. The molecule has 0 bridgehead atoms. The fraction of sp³-hybridized carbons (Fsp3) is 0.308. The Balaban J connectivity index is 0.000000531. The zero-order chi connectivity index (χ0) is 11.6. The van der Waals surface area contributed by atoms with Gasteiger partial charge in [0.25, 0.3) is 0 Å². The fourth-order valence-electron chi connectivity index (χ4n) is 1.58. The minimum atomic E-state index is 0.0428. The molecule has 0 radical (unpaired) electrons. The Morgan fingerprint density at radius 1 is 1.27 bits per heavy atom. The van der Waals surface area contributed by atoms with Crippen LogP contribution in [0.4, 0.5) is 5.69 Å². The molecular formula is C13H17NO. The van der Waals surface area contributed by atoms with E-state index in [4.69, 9.17) is 0 Å². The highest BCUT2D eigenvalue weighted by Crippen LogP contribution is 2.32. The number of Topliss-reactive ketones (excluding diaryl/α,β-unsaturated/α-hetero) is 1. The molecule has 1 aromatic rings. The lowest BCUT2D eigenvalue weighted by Crippen LogP contribution is -2.12. The Labute approximate surface area is 91.2 Å². The lowest BCUT2D eigenvalue weighted by molar-refractivity contribution is 0.104. The summed E-state index contributed by atoms with van der Waals surface area (Å²) in [6, 6.07) is 5.87. The number of allylic oxidation sites excluding steroid dienone is 1. The van der Waals surface area contributed by atoms with Crippen molar-refractivity contribution in [2.24, 2.45) is 0 Å². The van der Waals surface area contributed by atoms with Crippen LogP contribution in [0.15, 0.2) is 30.5 Å². The Hall–Kier alpha value is -1.57. The number of aryl methyl sites for hydroxylation is 1. The molecule has 0 unspecified atom stereocenters. The first-order chi connectivity index (χ1) is 7.11. The van der Waals surface area contributed by atoms with E-state index in [-0.39, 0.29) is 5.78 Å². The van der Waals surface area contributed by atoms with Gasteiger partial charge in [0, 0.05) is 12.6 Å². The van der Waals surface area contributed by atoms with Crippen molar-refractivity contribution in [1.29, 1.82) is 0 Å². The van der Waals surface area contributed by atoms with E-state index in [2.05, 4.69) is 6.58 Å². The second-order valence-electron chi connectivity index (χ2n) is 3.36. The van der Waals surface area contributed by atoms with Crippen LogP contribution in [0.5, 0.6) is 0 Å². The summed E-state index contributed by atoms with van der Waals surface area (Å²) in [6.07, 6.45) is 0. The number of hydrogen-bond acceptors (Lipinski definition) is 2. The first kappa shape index (κ1) is 11.5. The Kier molecular flexibility index (Phi) is 3.30. The number of benzene rings is 1. The molecule has 0 atom stereocenters. The minimum Gasteiger partial charge on any atom is -0.341 e. The van der Waals surface area contributed by atoms with Crippen molar-refractivity contribution in [3.05, 3.63) is 41.6 Å². The molecule has 80 valence electrons. The summed E-state index contributed by atoms with van der Waals surface area (Å²) in [5.41, 5.74) is 3.39. The van der Waals surface area contributed by atoms with Gasteiger partial charge in [-0.05, 0) is 19.1 Å². The summed E-state index contributed by atoms with van der Waals surface area (Å²) in [5, 5.41) is 0. The van der Waals surface area contributed by atoms with Crippen LogP contribution in [0.25, 0.3) is 0 Å². The van der Waals surface area contributed by atoms with Crippen LogP contribution in [0.1, 0.15) is 29.8 Å². The third-order valence-corrected chi connectivity index (χ3v) is 2.43. The average Bonchev–Trinajstić information content (AvgIpc) is 2.47. The molecule has 1 aliphatic rings. The second kappa shape index (κ2) is 4.30. The zero-order valence-electron chi connectivity index (χ0n) is 9.79. The molecule has 1 aromatic carbocycles. The maximum atomic E-state index is 11.6. The highest BCUT2D eigenvalue weighted by Gasteiger charge is 2.27. The molecule has 0 fully saturated rings. The number of nitrogens with zero attached hydrogens (tertiary/aromatic N) is 1. The molecule has 1 aliphatic heterocycles. The van der Waals surface area contributed by atoms with Crippen LogP contribution in [-0.2, 0) is 0 Å². The number of fused-ring (bicyclic) bond motifs is 1. The molecule has 15 heavy (non-hydrogen) atoms. The third kappa shape index (κ3) is 1.80. The van der Waals surface area contributed by atoms with E-state index in [0.29, 0.717) is 5.70 Å². The van der Waals surface area contributed by atoms with Crippen LogP contribution >= 0.6 is 0 Å². The normalized spacial score (nSPS) is 13.5. The van der Waals surface area contributed by atoms with Gasteiger partial charge >= 0.3 is 0 Å². The number of hydrogen-bond donors (Lipinski definition) is 0. The van der Waals surface area contributed by atoms with Crippen molar-refractivity contribution in [2.75, 3.05) is 11.9 Å². The van der Waals surface area contributed by atoms with Gasteiger partial charge in [-0.2, -0.15) is 0 Å². The number of ketones is 1. The molecule has 0 saturated carbocycles. The fourth-order valence-corrected chi connectivity index (χ4v) is 1.58. The Bertz CT molecular complexity index is 407. The number of rotatable bonds is 0. The molecule has 0 N–H and O–H groups in total. The van der Waals surface area contributed by atoms with Crippen molar-refractivity contribution in [3.8, 4) is 0 Å². The van der Waals surface area contributed by atoms with E-state index in [0.717, 1.165) is 16.8 Å². The van der Waals surface area contributed by atoms with Gasteiger partial charge in [0.1, 0.15) is 0 Å². The predicted octanol–water partition coefficient (Wildman–Crippen LogP) is 3.17. The smallest absolute Gasteiger partial charge is 0.210 e. The molecule has 0 saturated heterocycles. The summed E-state index contributed by atoms with van der Waals surface area (Å²) in [5.74, 6) is 0.0428. The van der Waals surface area contributed by atoms with E-state index < -0.39 is 0 Å². The van der Waals surface area contributed by atoms with Crippen molar-refractivity contribution < 1.29 is 4.79 Å². The van der Waals surface area contributed by atoms with Gasteiger partial charge in [-0.1, -0.05) is 32.1 Å². The van der Waals surface area contributed by atoms with Gasteiger partial charge < -0.3 is 4.90 Å². The molecule has 2 nitrogen and oxygen atoms in total. The predicted molar refractivity (Wildman–Crippen MR) is 64.4 cm³/mol. The lowest BCUT2D eigenvalue weighted by Gasteiger charge is -2.11. The highest BCUT2D eigenvalue weighted by atomic mass is 16.1. The summed E-state index contributed by atoms with van der Waals surface area (Å²) in [7, 11) is 1.86. The molecule has 0 aliphatic carbocycles. The SMILES string of the molecule is C=C1C(=O)c2cc(C)ccc2N1C.CC. The van der Waals surface area contributed by atoms with Crippen LogP contribution in [-0.4, -0.2) is 12.8 Å². The van der Waals surface area contributed by atoms with Gasteiger partial charge in [-0.25, -0.2) is 0 Å². The summed E-state index contributed by atoms with van der Waals surface area (Å²) in [6.45, 7) is 9.72. The van der Waals surface area contributed by atoms with Gasteiger partial charge in [0.15, 0.2) is 0 Å². The van der Waals surface area contributed by atoms with E-state index in [1.807, 2.05) is 50.9 Å².